The Morgan fingerprint density at radius 3 is 2.54 bits per heavy atom. The highest BCUT2D eigenvalue weighted by atomic mass is 35.5. The minimum Gasteiger partial charge on any atom is -0.393 e. The van der Waals surface area contributed by atoms with Gasteiger partial charge in [0.1, 0.15) is 0 Å². The van der Waals surface area contributed by atoms with Crippen molar-refractivity contribution in [1.82, 2.24) is 4.90 Å². The molecule has 0 aromatic heterocycles. The van der Waals surface area contributed by atoms with Crippen molar-refractivity contribution in [2.75, 3.05) is 13.1 Å². The first-order chi connectivity index (χ1) is 12.5. The van der Waals surface area contributed by atoms with Crippen molar-refractivity contribution >= 4 is 17.5 Å². The van der Waals surface area contributed by atoms with E-state index in [9.17, 15) is 15.0 Å². The zero-order chi connectivity index (χ0) is 18.1. The van der Waals surface area contributed by atoms with Crippen LogP contribution in [0.2, 0.25) is 5.02 Å². The summed E-state index contributed by atoms with van der Waals surface area (Å²) in [6, 6.07) is 8.07. The first-order valence-electron chi connectivity index (χ1n) is 9.88. The number of hydrogen-bond acceptors (Lipinski definition) is 3. The molecule has 1 heterocycles. The van der Waals surface area contributed by atoms with Crippen LogP contribution in [0.15, 0.2) is 24.3 Å². The third kappa shape index (κ3) is 2.38. The standard InChI is InChI=1S/C21H26ClNO3/c22-14-3-1-13(2-4-14)21(9-19(25)23-10-15(24)11-23)6-5-16-17-7-12(20(16)26)8-18(17)21/h1-4,12,15-18,20,24,26H,5-11H2/t12?,16?,17?,18?,20-,21?/m0/s1. The van der Waals surface area contributed by atoms with Crippen molar-refractivity contribution in [2.45, 2.75) is 49.7 Å². The summed E-state index contributed by atoms with van der Waals surface area (Å²) in [5, 5.41) is 20.8. The van der Waals surface area contributed by atoms with E-state index in [4.69, 9.17) is 11.6 Å². The second-order valence-corrected chi connectivity index (χ2v) is 9.42. The van der Waals surface area contributed by atoms with Crippen LogP contribution in [-0.4, -0.2) is 46.3 Å². The summed E-state index contributed by atoms with van der Waals surface area (Å²) >= 11 is 6.12. The molecule has 3 aliphatic carbocycles. The van der Waals surface area contributed by atoms with Crippen LogP contribution in [0.5, 0.6) is 0 Å². The molecule has 3 saturated carbocycles. The average molecular weight is 376 g/mol. The SMILES string of the molecule is O=C(CC1(c2ccc(Cl)cc2)CCC2C3CC(CC31)[C@@H]2O)N1CC(O)C1. The van der Waals surface area contributed by atoms with Crippen molar-refractivity contribution in [3.05, 3.63) is 34.9 Å². The molecule has 2 N–H and O–H groups in total. The fraction of sp³-hybridized carbons (Fsp3) is 0.667. The zero-order valence-corrected chi connectivity index (χ0v) is 15.6. The molecule has 1 amide bonds. The monoisotopic (exact) mass is 375 g/mol. The Hall–Kier alpha value is -1.10. The molecule has 5 heteroatoms. The number of carbonyl (C=O) groups is 1. The van der Waals surface area contributed by atoms with Crippen LogP contribution in [-0.2, 0) is 10.2 Å². The second kappa shape index (κ2) is 5.95. The largest absolute Gasteiger partial charge is 0.393 e. The lowest BCUT2D eigenvalue weighted by atomic mass is 9.53. The van der Waals surface area contributed by atoms with Gasteiger partial charge in [0.2, 0.25) is 5.91 Å². The first kappa shape index (κ1) is 17.0. The Balaban J connectivity index is 1.49. The molecule has 5 rings (SSSR count). The Kier molecular flexibility index (Phi) is 3.90. The summed E-state index contributed by atoms with van der Waals surface area (Å²) < 4.78 is 0. The number of carbonyl (C=O) groups excluding carboxylic acids is 1. The highest BCUT2D eigenvalue weighted by Crippen LogP contribution is 2.64. The number of benzene rings is 1. The van der Waals surface area contributed by atoms with Crippen molar-refractivity contribution in [1.29, 1.82) is 0 Å². The minimum atomic E-state index is -0.362. The third-order valence-electron chi connectivity index (χ3n) is 7.85. The number of β-amino-alcohol motifs (C(OH)–C–C–N with tert-alkyl or cyclic N) is 1. The Morgan fingerprint density at radius 2 is 1.88 bits per heavy atom. The predicted octanol–water partition coefficient (Wildman–Crippen LogP) is 2.60. The number of rotatable bonds is 3. The molecule has 140 valence electrons. The number of nitrogens with zero attached hydrogens (tertiary/aromatic N) is 1. The maximum atomic E-state index is 13.0. The van der Waals surface area contributed by atoms with Crippen LogP contribution in [0.3, 0.4) is 0 Å². The van der Waals surface area contributed by atoms with Gasteiger partial charge < -0.3 is 15.1 Å². The van der Waals surface area contributed by atoms with Gasteiger partial charge in [-0.1, -0.05) is 23.7 Å². The average Bonchev–Trinajstić information content (AvgIpc) is 3.17. The first-order valence-corrected chi connectivity index (χ1v) is 10.3. The number of halogens is 1. The Morgan fingerprint density at radius 1 is 1.15 bits per heavy atom. The summed E-state index contributed by atoms with van der Waals surface area (Å²) in [6.45, 7) is 0.932. The van der Waals surface area contributed by atoms with Gasteiger partial charge in [-0.15, -0.1) is 0 Å². The van der Waals surface area contributed by atoms with Gasteiger partial charge in [0.05, 0.1) is 12.2 Å². The topological polar surface area (TPSA) is 60.8 Å². The molecular formula is C21H26ClNO3. The van der Waals surface area contributed by atoms with Crippen molar-refractivity contribution in [3.8, 4) is 0 Å². The van der Waals surface area contributed by atoms with Gasteiger partial charge >= 0.3 is 0 Å². The fourth-order valence-corrected chi connectivity index (χ4v) is 6.72. The lowest BCUT2D eigenvalue weighted by Crippen LogP contribution is -2.56. The number of aliphatic hydroxyl groups excluding tert-OH is 2. The Labute approximate surface area is 159 Å². The van der Waals surface area contributed by atoms with Gasteiger partial charge in [-0.3, -0.25) is 4.79 Å². The maximum absolute atomic E-state index is 13.0. The maximum Gasteiger partial charge on any atom is 0.223 e. The highest BCUT2D eigenvalue weighted by molar-refractivity contribution is 6.30. The fourth-order valence-electron chi connectivity index (χ4n) is 6.60. The molecule has 1 aliphatic heterocycles. The number of likely N-dealkylation sites (tertiary alicyclic amines) is 1. The second-order valence-electron chi connectivity index (χ2n) is 8.99. The van der Waals surface area contributed by atoms with Crippen LogP contribution in [0.4, 0.5) is 0 Å². The number of fused-ring (bicyclic) bond motifs is 1. The van der Waals surface area contributed by atoms with E-state index >= 15 is 0 Å². The van der Waals surface area contributed by atoms with E-state index in [1.165, 1.54) is 5.56 Å². The normalized spacial score (nSPS) is 41.3. The van der Waals surface area contributed by atoms with Gasteiger partial charge in [-0.05, 0) is 67.1 Å². The van der Waals surface area contributed by atoms with E-state index in [0.29, 0.717) is 43.2 Å². The van der Waals surface area contributed by atoms with E-state index < -0.39 is 0 Å². The quantitative estimate of drug-likeness (QED) is 0.853. The zero-order valence-electron chi connectivity index (χ0n) is 14.9. The molecule has 4 fully saturated rings. The molecule has 1 aromatic rings. The van der Waals surface area contributed by atoms with Crippen molar-refractivity contribution in [2.24, 2.45) is 23.7 Å². The van der Waals surface area contributed by atoms with Crippen LogP contribution in [0.1, 0.15) is 37.7 Å². The van der Waals surface area contributed by atoms with E-state index in [1.807, 2.05) is 12.1 Å². The van der Waals surface area contributed by atoms with E-state index in [1.54, 1.807) is 4.90 Å². The van der Waals surface area contributed by atoms with Crippen LogP contribution in [0.25, 0.3) is 0 Å². The third-order valence-corrected chi connectivity index (χ3v) is 8.11. The molecule has 0 spiro atoms. The number of amides is 1. The summed E-state index contributed by atoms with van der Waals surface area (Å²) in [5.41, 5.74) is 1.07. The molecule has 1 aromatic carbocycles. The molecule has 26 heavy (non-hydrogen) atoms. The highest BCUT2D eigenvalue weighted by Gasteiger charge is 2.61. The summed E-state index contributed by atoms with van der Waals surface area (Å²) in [5.74, 6) is 1.98. The molecular weight excluding hydrogens is 350 g/mol. The van der Waals surface area contributed by atoms with Crippen LogP contribution < -0.4 is 0 Å². The molecule has 6 atom stereocenters. The van der Waals surface area contributed by atoms with Gasteiger partial charge in [-0.2, -0.15) is 0 Å². The lowest BCUT2D eigenvalue weighted by molar-refractivity contribution is -0.145. The Bertz CT molecular complexity index is 716. The molecule has 1 saturated heterocycles. The van der Waals surface area contributed by atoms with Crippen molar-refractivity contribution < 1.29 is 15.0 Å². The van der Waals surface area contributed by atoms with Crippen LogP contribution >= 0.6 is 11.6 Å². The van der Waals surface area contributed by atoms with Crippen LogP contribution in [0, 0.1) is 23.7 Å². The summed E-state index contributed by atoms with van der Waals surface area (Å²) in [4.78, 5) is 14.8. The minimum absolute atomic E-state index is 0.138. The van der Waals surface area contributed by atoms with Gasteiger partial charge in [0, 0.05) is 29.9 Å². The molecule has 4 nitrogen and oxygen atoms in total. The van der Waals surface area contributed by atoms with E-state index in [2.05, 4.69) is 12.1 Å². The van der Waals surface area contributed by atoms with Crippen molar-refractivity contribution in [3.63, 3.8) is 0 Å². The van der Waals surface area contributed by atoms with E-state index in [0.717, 1.165) is 30.7 Å². The number of hydrogen-bond donors (Lipinski definition) is 2. The predicted molar refractivity (Wildman–Crippen MR) is 98.8 cm³/mol. The smallest absolute Gasteiger partial charge is 0.223 e. The van der Waals surface area contributed by atoms with Gasteiger partial charge in [0.25, 0.3) is 0 Å². The molecule has 5 unspecified atom stereocenters. The molecule has 0 radical (unpaired) electrons. The van der Waals surface area contributed by atoms with Gasteiger partial charge in [-0.25, -0.2) is 0 Å². The molecule has 2 bridgehead atoms. The number of aliphatic hydroxyl groups is 2. The van der Waals surface area contributed by atoms with Gasteiger partial charge in [0.15, 0.2) is 0 Å². The summed E-state index contributed by atoms with van der Waals surface area (Å²) in [7, 11) is 0. The lowest BCUT2D eigenvalue weighted by Gasteiger charge is -2.52. The molecule has 4 aliphatic rings. The summed E-state index contributed by atoms with van der Waals surface area (Å²) in [6.07, 6.45) is 4.10. The van der Waals surface area contributed by atoms with E-state index in [-0.39, 0.29) is 23.5 Å².